The number of fused-ring (bicyclic) bond motifs is 3. The molecule has 0 amide bonds. The zero-order chi connectivity index (χ0) is 15.3. The molecule has 6 nitrogen and oxygen atoms in total. The van der Waals surface area contributed by atoms with E-state index in [9.17, 15) is 0 Å². The van der Waals surface area contributed by atoms with Gasteiger partial charge in [-0.2, -0.15) is 9.97 Å². The number of nitrogen functional groups attached to an aromatic ring is 1. The molecule has 0 aliphatic carbocycles. The Hall–Kier alpha value is -1.95. The number of anilines is 2. The molecule has 0 spiro atoms. The summed E-state index contributed by atoms with van der Waals surface area (Å²) in [4.78, 5) is 13.5. The minimum Gasteiger partial charge on any atom is -0.383 e. The predicted molar refractivity (Wildman–Crippen MR) is 87.8 cm³/mol. The van der Waals surface area contributed by atoms with Gasteiger partial charge in [-0.3, -0.25) is 0 Å². The highest BCUT2D eigenvalue weighted by atomic mass is 15.2. The van der Waals surface area contributed by atoms with Crippen molar-refractivity contribution in [2.45, 2.75) is 57.7 Å². The van der Waals surface area contributed by atoms with Crippen molar-refractivity contribution in [2.75, 3.05) is 11.1 Å². The van der Waals surface area contributed by atoms with Gasteiger partial charge in [-0.15, -0.1) is 0 Å². The van der Waals surface area contributed by atoms with Crippen molar-refractivity contribution in [1.82, 2.24) is 20.3 Å². The maximum absolute atomic E-state index is 6.14. The topological polar surface area (TPSA) is 88.8 Å². The van der Waals surface area contributed by atoms with Gasteiger partial charge in [0.2, 0.25) is 5.95 Å². The van der Waals surface area contributed by atoms with Crippen LogP contribution >= 0.6 is 0 Å². The number of aryl methyl sites for hydroxylation is 2. The number of nitrogens with zero attached hydrogens (tertiary/aromatic N) is 3. The van der Waals surface area contributed by atoms with Crippen LogP contribution in [0.4, 0.5) is 11.8 Å². The molecule has 116 valence electrons. The molecule has 2 fully saturated rings. The Morgan fingerprint density at radius 3 is 2.59 bits per heavy atom. The van der Waals surface area contributed by atoms with Gasteiger partial charge in [-0.05, 0) is 51.2 Å². The Morgan fingerprint density at radius 1 is 1.14 bits per heavy atom. The molecule has 4 heterocycles. The van der Waals surface area contributed by atoms with Gasteiger partial charge in [-0.25, -0.2) is 4.98 Å². The van der Waals surface area contributed by atoms with E-state index in [4.69, 9.17) is 5.73 Å². The highest BCUT2D eigenvalue weighted by Crippen LogP contribution is 2.29. The zero-order valence-electron chi connectivity index (χ0n) is 13.1. The summed E-state index contributed by atoms with van der Waals surface area (Å²) in [5.41, 5.74) is 8.85. The fourth-order valence-electron chi connectivity index (χ4n) is 3.93. The van der Waals surface area contributed by atoms with E-state index in [2.05, 4.69) is 25.6 Å². The molecular weight excluding hydrogens is 276 g/mol. The molecule has 2 aromatic heterocycles. The van der Waals surface area contributed by atoms with Crippen LogP contribution in [0.1, 0.15) is 36.9 Å². The van der Waals surface area contributed by atoms with Crippen molar-refractivity contribution >= 4 is 22.8 Å². The minimum atomic E-state index is 0.418. The van der Waals surface area contributed by atoms with Gasteiger partial charge < -0.3 is 16.4 Å². The lowest BCUT2D eigenvalue weighted by Crippen LogP contribution is -2.43. The summed E-state index contributed by atoms with van der Waals surface area (Å²) in [5, 5.41) is 7.98. The summed E-state index contributed by atoms with van der Waals surface area (Å²) in [6.07, 6.45) is 4.81. The molecule has 2 bridgehead atoms. The second-order valence-corrected chi connectivity index (χ2v) is 6.66. The van der Waals surface area contributed by atoms with Crippen LogP contribution in [-0.4, -0.2) is 33.1 Å². The average Bonchev–Trinajstić information content (AvgIpc) is 2.76. The van der Waals surface area contributed by atoms with Gasteiger partial charge in [0.1, 0.15) is 5.82 Å². The highest BCUT2D eigenvalue weighted by Gasteiger charge is 2.33. The molecule has 0 saturated carbocycles. The fraction of sp³-hybridized carbons (Fsp3) is 0.562. The Balaban J connectivity index is 1.65. The van der Waals surface area contributed by atoms with Crippen molar-refractivity contribution in [1.29, 1.82) is 0 Å². The number of rotatable bonds is 2. The monoisotopic (exact) mass is 298 g/mol. The third-order valence-electron chi connectivity index (χ3n) is 4.83. The Bertz CT molecular complexity index is 716. The lowest BCUT2D eigenvalue weighted by Gasteiger charge is -2.29. The standard InChI is InChI=1S/C16H22N6/c1-8-5-9(2)18-15-13(8)14(17)21-16(22-15)20-12-6-10-3-4-11(7-12)19-10/h5,10-12,19H,3-4,6-7H2,1-2H3,(H3,17,18,20,21,22)/t10-,11?,12?/m1/s1. The van der Waals surface area contributed by atoms with Crippen molar-refractivity contribution in [2.24, 2.45) is 0 Å². The van der Waals surface area contributed by atoms with E-state index in [-0.39, 0.29) is 0 Å². The van der Waals surface area contributed by atoms with Crippen LogP contribution in [0.3, 0.4) is 0 Å². The fourth-order valence-corrected chi connectivity index (χ4v) is 3.93. The summed E-state index contributed by atoms with van der Waals surface area (Å²) in [5.74, 6) is 1.11. The van der Waals surface area contributed by atoms with Crippen LogP contribution in [0.2, 0.25) is 0 Å². The van der Waals surface area contributed by atoms with Crippen LogP contribution in [0.15, 0.2) is 6.07 Å². The molecule has 0 aromatic carbocycles. The number of aromatic nitrogens is 3. The Morgan fingerprint density at radius 2 is 1.86 bits per heavy atom. The normalized spacial score (nSPS) is 27.3. The van der Waals surface area contributed by atoms with Gasteiger partial charge in [0.25, 0.3) is 0 Å². The molecule has 22 heavy (non-hydrogen) atoms. The van der Waals surface area contributed by atoms with E-state index in [0.717, 1.165) is 29.5 Å². The molecule has 0 radical (unpaired) electrons. The number of pyridine rings is 1. The van der Waals surface area contributed by atoms with Gasteiger partial charge in [0.15, 0.2) is 5.65 Å². The number of piperidine rings is 1. The maximum Gasteiger partial charge on any atom is 0.226 e. The zero-order valence-corrected chi connectivity index (χ0v) is 13.1. The van der Waals surface area contributed by atoms with E-state index in [1.54, 1.807) is 0 Å². The van der Waals surface area contributed by atoms with Crippen LogP contribution < -0.4 is 16.4 Å². The molecule has 2 aromatic rings. The average molecular weight is 298 g/mol. The number of hydrogen-bond acceptors (Lipinski definition) is 6. The second-order valence-electron chi connectivity index (χ2n) is 6.66. The maximum atomic E-state index is 6.14. The lowest BCUT2D eigenvalue weighted by molar-refractivity contribution is 0.377. The quantitative estimate of drug-likeness (QED) is 0.785. The second kappa shape index (κ2) is 5.05. The SMILES string of the molecule is Cc1cc(C)c2c(N)nc(NC3CC4CC[C@H](C3)N4)nc2n1. The van der Waals surface area contributed by atoms with E-state index in [1.165, 1.54) is 12.8 Å². The molecule has 4 N–H and O–H groups in total. The third kappa shape index (κ3) is 2.37. The lowest BCUT2D eigenvalue weighted by atomic mass is 10.0. The predicted octanol–water partition coefficient (Wildman–Crippen LogP) is 1.92. The van der Waals surface area contributed by atoms with Crippen molar-refractivity contribution in [3.63, 3.8) is 0 Å². The molecule has 6 heteroatoms. The van der Waals surface area contributed by atoms with Crippen molar-refractivity contribution in [3.05, 3.63) is 17.3 Å². The largest absolute Gasteiger partial charge is 0.383 e. The Kier molecular flexibility index (Phi) is 3.14. The number of hydrogen-bond donors (Lipinski definition) is 3. The number of nitrogens with one attached hydrogen (secondary N) is 2. The van der Waals surface area contributed by atoms with Gasteiger partial charge in [-0.1, -0.05) is 0 Å². The summed E-state index contributed by atoms with van der Waals surface area (Å²) in [6, 6.07) is 3.70. The first-order valence-electron chi connectivity index (χ1n) is 8.02. The molecular formula is C16H22N6. The minimum absolute atomic E-state index is 0.418. The van der Waals surface area contributed by atoms with E-state index in [0.29, 0.717) is 35.5 Å². The first-order valence-corrected chi connectivity index (χ1v) is 8.02. The molecule has 4 rings (SSSR count). The summed E-state index contributed by atoms with van der Waals surface area (Å²) >= 11 is 0. The van der Waals surface area contributed by atoms with E-state index < -0.39 is 0 Å². The molecule has 3 atom stereocenters. The van der Waals surface area contributed by atoms with Crippen LogP contribution in [0.25, 0.3) is 11.0 Å². The van der Waals surface area contributed by atoms with Gasteiger partial charge in [0, 0.05) is 23.8 Å². The van der Waals surface area contributed by atoms with Gasteiger partial charge in [0.05, 0.1) is 5.39 Å². The number of nitrogens with two attached hydrogens (primary N) is 1. The van der Waals surface area contributed by atoms with Crippen LogP contribution in [-0.2, 0) is 0 Å². The molecule has 2 aliphatic rings. The van der Waals surface area contributed by atoms with Crippen molar-refractivity contribution in [3.8, 4) is 0 Å². The van der Waals surface area contributed by atoms with Gasteiger partial charge >= 0.3 is 0 Å². The first kappa shape index (κ1) is 13.7. The highest BCUT2D eigenvalue weighted by molar-refractivity contribution is 5.89. The van der Waals surface area contributed by atoms with E-state index >= 15 is 0 Å². The first-order chi connectivity index (χ1) is 10.6. The third-order valence-corrected chi connectivity index (χ3v) is 4.83. The van der Waals surface area contributed by atoms with Crippen molar-refractivity contribution < 1.29 is 0 Å². The smallest absolute Gasteiger partial charge is 0.226 e. The van der Waals surface area contributed by atoms with Crippen LogP contribution in [0, 0.1) is 13.8 Å². The molecule has 2 unspecified atom stereocenters. The molecule has 2 saturated heterocycles. The summed E-state index contributed by atoms with van der Waals surface area (Å²) in [7, 11) is 0. The Labute approximate surface area is 129 Å². The van der Waals surface area contributed by atoms with E-state index in [1.807, 2.05) is 19.9 Å². The summed E-state index contributed by atoms with van der Waals surface area (Å²) < 4.78 is 0. The molecule has 2 aliphatic heterocycles. The summed E-state index contributed by atoms with van der Waals surface area (Å²) in [6.45, 7) is 4.00. The van der Waals surface area contributed by atoms with Crippen LogP contribution in [0.5, 0.6) is 0 Å².